The van der Waals surface area contributed by atoms with Crippen molar-refractivity contribution in [2.45, 2.75) is 57.7 Å². The highest BCUT2D eigenvalue weighted by molar-refractivity contribution is 9.10. The Labute approximate surface area is 154 Å². The smallest absolute Gasteiger partial charge is 0.340 e. The van der Waals surface area contributed by atoms with Crippen molar-refractivity contribution in [1.82, 2.24) is 9.88 Å². The van der Waals surface area contributed by atoms with Crippen LogP contribution < -0.4 is 5.32 Å². The van der Waals surface area contributed by atoms with Crippen molar-refractivity contribution in [3.05, 3.63) is 33.2 Å². The van der Waals surface area contributed by atoms with Crippen LogP contribution in [0.1, 0.15) is 61.3 Å². The number of nitrogens with one attached hydrogen (secondary N) is 1. The van der Waals surface area contributed by atoms with Gasteiger partial charge in [-0.2, -0.15) is 0 Å². The van der Waals surface area contributed by atoms with E-state index in [1.54, 1.807) is 0 Å². The summed E-state index contributed by atoms with van der Waals surface area (Å²) in [6.07, 6.45) is 2.99. The number of hydrogen-bond donors (Lipinski definition) is 1. The Morgan fingerprint density at radius 3 is 2.80 bits per heavy atom. The number of carbonyl (C=O) groups is 1. The summed E-state index contributed by atoms with van der Waals surface area (Å²) < 4.78 is 22.8. The molecule has 1 aromatic carbocycles. The quantitative estimate of drug-likeness (QED) is 0.711. The van der Waals surface area contributed by atoms with Crippen molar-refractivity contribution in [3.8, 4) is 0 Å². The Bertz CT molecular complexity index is 897. The van der Waals surface area contributed by atoms with Crippen molar-refractivity contribution < 1.29 is 13.9 Å². The van der Waals surface area contributed by atoms with Crippen LogP contribution in [0.25, 0.3) is 10.9 Å². The lowest BCUT2D eigenvalue weighted by molar-refractivity contribution is 0.00707. The standard InChI is InChI=1S/C19H22BrFN2O2/c1-19(2,3)25-18(24)14-10(20)8-11(21)17-16(14)15-12-6-5-9(22-12)7-13(15)23(17)4/h8-9,12,22H,5-7H2,1-4H3. The number of aryl methyl sites for hydroxylation is 1. The van der Waals surface area contributed by atoms with Gasteiger partial charge in [0.1, 0.15) is 11.4 Å². The second kappa shape index (κ2) is 5.55. The third kappa shape index (κ3) is 2.61. The molecule has 4 nitrogen and oxygen atoms in total. The molecule has 0 radical (unpaired) electrons. The predicted molar refractivity (Wildman–Crippen MR) is 98.3 cm³/mol. The Morgan fingerprint density at radius 2 is 2.12 bits per heavy atom. The molecule has 2 aromatic rings. The Balaban J connectivity index is 2.02. The van der Waals surface area contributed by atoms with Crippen molar-refractivity contribution >= 4 is 32.8 Å². The largest absolute Gasteiger partial charge is 0.456 e. The molecule has 2 aliphatic heterocycles. The maximum Gasteiger partial charge on any atom is 0.340 e. The number of rotatable bonds is 1. The molecule has 2 aliphatic rings. The van der Waals surface area contributed by atoms with Gasteiger partial charge in [-0.25, -0.2) is 9.18 Å². The van der Waals surface area contributed by atoms with Crippen LogP contribution in [0.4, 0.5) is 4.39 Å². The van der Waals surface area contributed by atoms with Crippen LogP contribution in [0, 0.1) is 5.82 Å². The molecule has 0 aliphatic carbocycles. The van der Waals surface area contributed by atoms with Crippen LogP contribution in [0.2, 0.25) is 0 Å². The highest BCUT2D eigenvalue weighted by Crippen LogP contribution is 2.45. The first-order valence-corrected chi connectivity index (χ1v) is 9.45. The normalized spacial score (nSPS) is 22.3. The third-order valence-corrected chi connectivity index (χ3v) is 5.78. The summed E-state index contributed by atoms with van der Waals surface area (Å²) in [7, 11) is 1.89. The molecule has 0 amide bonds. The second-order valence-corrected chi connectivity index (χ2v) is 8.91. The van der Waals surface area contributed by atoms with E-state index in [4.69, 9.17) is 4.74 Å². The van der Waals surface area contributed by atoms with E-state index >= 15 is 0 Å². The fourth-order valence-electron chi connectivity index (χ4n) is 4.25. The Kier molecular flexibility index (Phi) is 3.78. The minimum absolute atomic E-state index is 0.173. The predicted octanol–water partition coefficient (Wildman–Crippen LogP) is 4.38. The molecule has 1 N–H and O–H groups in total. The number of aromatic nitrogens is 1. The van der Waals surface area contributed by atoms with Crippen LogP contribution in [-0.4, -0.2) is 22.2 Å². The Morgan fingerprint density at radius 1 is 1.40 bits per heavy atom. The van der Waals surface area contributed by atoms with Crippen LogP contribution in [0.3, 0.4) is 0 Å². The summed E-state index contributed by atoms with van der Waals surface area (Å²) in [5, 5.41) is 4.29. The Hall–Kier alpha value is -1.40. The minimum atomic E-state index is -0.608. The van der Waals surface area contributed by atoms with Gasteiger partial charge in [0.25, 0.3) is 0 Å². The molecular formula is C19H22BrFN2O2. The molecule has 1 aromatic heterocycles. The van der Waals surface area contributed by atoms with E-state index in [-0.39, 0.29) is 11.9 Å². The molecule has 1 saturated heterocycles. The molecule has 0 saturated carbocycles. The SMILES string of the molecule is Cn1c2c(c3c(C(=O)OC(C)(C)C)c(Br)cc(F)c31)C1CCC(C2)N1. The molecule has 25 heavy (non-hydrogen) atoms. The van der Waals surface area contributed by atoms with Gasteiger partial charge < -0.3 is 14.6 Å². The molecular weight excluding hydrogens is 387 g/mol. The van der Waals surface area contributed by atoms with Gasteiger partial charge in [0, 0.05) is 41.1 Å². The van der Waals surface area contributed by atoms with Gasteiger partial charge in [0.2, 0.25) is 0 Å². The van der Waals surface area contributed by atoms with E-state index in [0.29, 0.717) is 27.0 Å². The number of nitrogens with zero attached hydrogens (tertiary/aromatic N) is 1. The molecule has 2 bridgehead atoms. The zero-order valence-electron chi connectivity index (χ0n) is 14.9. The van der Waals surface area contributed by atoms with Crippen LogP contribution in [0.5, 0.6) is 0 Å². The number of halogens is 2. The van der Waals surface area contributed by atoms with Gasteiger partial charge >= 0.3 is 5.97 Å². The van der Waals surface area contributed by atoms with Crippen LogP contribution in [-0.2, 0) is 18.2 Å². The van der Waals surface area contributed by atoms with Gasteiger partial charge in [-0.1, -0.05) is 0 Å². The zero-order chi connectivity index (χ0) is 18.1. The summed E-state index contributed by atoms with van der Waals surface area (Å²) >= 11 is 3.40. The molecule has 1 fully saturated rings. The first-order chi connectivity index (χ1) is 11.7. The molecule has 0 spiro atoms. The number of fused-ring (bicyclic) bond motifs is 6. The third-order valence-electron chi connectivity index (χ3n) is 5.16. The van der Waals surface area contributed by atoms with Gasteiger partial charge in [0.15, 0.2) is 0 Å². The van der Waals surface area contributed by atoms with E-state index in [2.05, 4.69) is 21.2 Å². The topological polar surface area (TPSA) is 43.3 Å². The van der Waals surface area contributed by atoms with Crippen LogP contribution >= 0.6 is 15.9 Å². The highest BCUT2D eigenvalue weighted by Gasteiger charge is 2.38. The summed E-state index contributed by atoms with van der Waals surface area (Å²) in [4.78, 5) is 12.9. The average molecular weight is 409 g/mol. The maximum absolute atomic E-state index is 14.8. The molecule has 6 heteroatoms. The summed E-state index contributed by atoms with van der Waals surface area (Å²) in [6.45, 7) is 5.51. The van der Waals surface area contributed by atoms with Crippen molar-refractivity contribution in [2.24, 2.45) is 7.05 Å². The van der Waals surface area contributed by atoms with E-state index in [1.165, 1.54) is 6.07 Å². The molecule has 2 atom stereocenters. The number of hydrogen-bond acceptors (Lipinski definition) is 3. The average Bonchev–Trinajstić information content (AvgIpc) is 2.98. The van der Waals surface area contributed by atoms with Crippen LogP contribution in [0.15, 0.2) is 10.5 Å². The van der Waals surface area contributed by atoms with Gasteiger partial charge in [-0.05, 0) is 61.2 Å². The monoisotopic (exact) mass is 408 g/mol. The number of carbonyl (C=O) groups excluding carboxylic acids is 1. The molecule has 4 rings (SSSR count). The van der Waals surface area contributed by atoms with E-state index in [1.807, 2.05) is 32.4 Å². The lowest BCUT2D eigenvalue weighted by Gasteiger charge is -2.24. The first-order valence-electron chi connectivity index (χ1n) is 8.66. The minimum Gasteiger partial charge on any atom is -0.456 e. The summed E-state index contributed by atoms with van der Waals surface area (Å²) in [5.41, 5.74) is 2.50. The maximum atomic E-state index is 14.8. The second-order valence-electron chi connectivity index (χ2n) is 8.06. The van der Waals surface area contributed by atoms with Gasteiger partial charge in [0.05, 0.1) is 11.1 Å². The fraction of sp³-hybridized carbons (Fsp3) is 0.526. The number of ether oxygens (including phenoxy) is 1. The number of esters is 1. The van der Waals surface area contributed by atoms with Crippen molar-refractivity contribution in [2.75, 3.05) is 0 Å². The van der Waals surface area contributed by atoms with Crippen molar-refractivity contribution in [1.29, 1.82) is 0 Å². The molecule has 3 heterocycles. The fourth-order valence-corrected chi connectivity index (χ4v) is 4.81. The lowest BCUT2D eigenvalue weighted by atomic mass is 9.96. The number of benzene rings is 1. The molecule has 2 unspecified atom stereocenters. The van der Waals surface area contributed by atoms with Gasteiger partial charge in [-0.15, -0.1) is 0 Å². The zero-order valence-corrected chi connectivity index (χ0v) is 16.5. The lowest BCUT2D eigenvalue weighted by Crippen LogP contribution is -2.32. The molecule has 134 valence electrons. The van der Waals surface area contributed by atoms with Gasteiger partial charge in [-0.3, -0.25) is 0 Å². The summed E-state index contributed by atoms with van der Waals surface area (Å²) in [6, 6.07) is 1.99. The van der Waals surface area contributed by atoms with Crippen molar-refractivity contribution in [3.63, 3.8) is 0 Å². The first kappa shape index (κ1) is 17.0. The van der Waals surface area contributed by atoms with E-state index in [9.17, 15) is 9.18 Å². The van der Waals surface area contributed by atoms with E-state index in [0.717, 1.165) is 30.5 Å². The summed E-state index contributed by atoms with van der Waals surface area (Å²) in [5.74, 6) is -0.736. The highest BCUT2D eigenvalue weighted by atomic mass is 79.9. The van der Waals surface area contributed by atoms with E-state index < -0.39 is 11.6 Å².